The summed E-state index contributed by atoms with van der Waals surface area (Å²) in [5, 5.41) is 3.44. The largest absolute Gasteiger partial charge is 0.368 e. The monoisotopic (exact) mass is 294 g/mol. The molecule has 1 fully saturated rings. The SMILES string of the molecule is C1=C(N2CCNCC2)c2ccccc2Sc2ccccc21. The molecule has 4 rings (SSSR count). The molecule has 2 aliphatic rings. The fraction of sp³-hybridized carbons (Fsp3) is 0.222. The molecule has 2 nitrogen and oxygen atoms in total. The number of benzene rings is 2. The average Bonchev–Trinajstić information content (AvgIpc) is 2.72. The molecule has 1 N–H and O–H groups in total. The second-order valence-corrected chi connectivity index (χ2v) is 6.49. The number of fused-ring (bicyclic) bond motifs is 2. The lowest BCUT2D eigenvalue weighted by Crippen LogP contribution is -2.42. The maximum absolute atomic E-state index is 3.44. The van der Waals surface area contributed by atoms with Crippen LogP contribution in [0.3, 0.4) is 0 Å². The molecule has 0 saturated carbocycles. The van der Waals surface area contributed by atoms with E-state index in [0.717, 1.165) is 26.2 Å². The highest BCUT2D eigenvalue weighted by Gasteiger charge is 2.20. The topological polar surface area (TPSA) is 15.3 Å². The van der Waals surface area contributed by atoms with E-state index in [0.29, 0.717) is 0 Å². The normalized spacial score (nSPS) is 17.5. The number of piperazine rings is 1. The van der Waals surface area contributed by atoms with Gasteiger partial charge in [-0.2, -0.15) is 0 Å². The van der Waals surface area contributed by atoms with Gasteiger partial charge in [0.25, 0.3) is 0 Å². The van der Waals surface area contributed by atoms with E-state index in [1.54, 1.807) is 0 Å². The molecule has 2 aromatic carbocycles. The van der Waals surface area contributed by atoms with Crippen LogP contribution in [0, 0.1) is 0 Å². The minimum Gasteiger partial charge on any atom is -0.368 e. The zero-order valence-corrected chi connectivity index (χ0v) is 12.7. The van der Waals surface area contributed by atoms with Crippen LogP contribution in [0.1, 0.15) is 11.1 Å². The van der Waals surface area contributed by atoms with Crippen LogP contribution in [0.5, 0.6) is 0 Å². The molecular weight excluding hydrogens is 276 g/mol. The van der Waals surface area contributed by atoms with Crippen molar-refractivity contribution >= 4 is 23.5 Å². The van der Waals surface area contributed by atoms with E-state index < -0.39 is 0 Å². The van der Waals surface area contributed by atoms with Gasteiger partial charge in [-0.3, -0.25) is 0 Å². The summed E-state index contributed by atoms with van der Waals surface area (Å²) in [6.45, 7) is 4.28. The van der Waals surface area contributed by atoms with Crippen molar-refractivity contribution in [3.8, 4) is 0 Å². The van der Waals surface area contributed by atoms with E-state index in [1.807, 2.05) is 11.8 Å². The molecule has 0 atom stereocenters. The Hall–Kier alpha value is -1.71. The zero-order chi connectivity index (χ0) is 14.1. The third kappa shape index (κ3) is 2.47. The molecule has 0 aliphatic carbocycles. The Labute approximate surface area is 129 Å². The highest BCUT2D eigenvalue weighted by molar-refractivity contribution is 7.99. The maximum atomic E-state index is 3.44. The third-order valence-corrected chi connectivity index (χ3v) is 5.22. The quantitative estimate of drug-likeness (QED) is 0.866. The lowest BCUT2D eigenvalue weighted by atomic mass is 10.1. The molecule has 2 aromatic rings. The number of nitrogens with one attached hydrogen (secondary N) is 1. The molecule has 106 valence electrons. The lowest BCUT2D eigenvalue weighted by molar-refractivity contribution is 0.341. The van der Waals surface area contributed by atoms with Gasteiger partial charge in [0, 0.05) is 47.2 Å². The van der Waals surface area contributed by atoms with Gasteiger partial charge in [0.15, 0.2) is 0 Å². The molecule has 21 heavy (non-hydrogen) atoms. The number of nitrogens with zero attached hydrogens (tertiary/aromatic N) is 1. The van der Waals surface area contributed by atoms with Gasteiger partial charge in [0.1, 0.15) is 0 Å². The number of rotatable bonds is 1. The zero-order valence-electron chi connectivity index (χ0n) is 11.9. The summed E-state index contributed by atoms with van der Waals surface area (Å²) in [4.78, 5) is 5.21. The van der Waals surface area contributed by atoms with Gasteiger partial charge < -0.3 is 10.2 Å². The molecule has 2 heterocycles. The van der Waals surface area contributed by atoms with Crippen LogP contribution in [0.25, 0.3) is 11.8 Å². The molecule has 0 spiro atoms. The van der Waals surface area contributed by atoms with Crippen molar-refractivity contribution in [2.75, 3.05) is 26.2 Å². The average molecular weight is 294 g/mol. The minimum atomic E-state index is 1.06. The molecule has 0 amide bonds. The van der Waals surface area contributed by atoms with Crippen molar-refractivity contribution in [3.63, 3.8) is 0 Å². The Morgan fingerprint density at radius 1 is 0.857 bits per heavy atom. The summed E-state index contributed by atoms with van der Waals surface area (Å²) in [5.41, 5.74) is 4.05. The first-order chi connectivity index (χ1) is 10.4. The highest BCUT2D eigenvalue weighted by Crippen LogP contribution is 2.41. The summed E-state index contributed by atoms with van der Waals surface area (Å²) < 4.78 is 0. The third-order valence-electron chi connectivity index (χ3n) is 4.05. The maximum Gasteiger partial charge on any atom is 0.0458 e. The van der Waals surface area contributed by atoms with Crippen LogP contribution in [0.2, 0.25) is 0 Å². The lowest BCUT2D eigenvalue weighted by Gasteiger charge is -2.32. The van der Waals surface area contributed by atoms with Gasteiger partial charge in [0.2, 0.25) is 0 Å². The molecule has 0 radical (unpaired) electrons. The Bertz CT molecular complexity index is 687. The summed E-state index contributed by atoms with van der Waals surface area (Å²) in [6.07, 6.45) is 2.36. The van der Waals surface area contributed by atoms with E-state index in [9.17, 15) is 0 Å². The van der Waals surface area contributed by atoms with E-state index in [-0.39, 0.29) is 0 Å². The summed E-state index contributed by atoms with van der Waals surface area (Å²) >= 11 is 1.88. The summed E-state index contributed by atoms with van der Waals surface area (Å²) in [5.74, 6) is 0. The van der Waals surface area contributed by atoms with Gasteiger partial charge in [-0.05, 0) is 23.8 Å². The van der Waals surface area contributed by atoms with Crippen LogP contribution in [-0.4, -0.2) is 31.1 Å². The van der Waals surface area contributed by atoms with E-state index in [4.69, 9.17) is 0 Å². The molecule has 1 saturated heterocycles. The van der Waals surface area contributed by atoms with E-state index in [1.165, 1.54) is 26.6 Å². The first-order valence-electron chi connectivity index (χ1n) is 7.45. The van der Waals surface area contributed by atoms with Gasteiger partial charge in [0.05, 0.1) is 0 Å². The van der Waals surface area contributed by atoms with Crippen molar-refractivity contribution < 1.29 is 0 Å². The second kappa shape index (κ2) is 5.58. The van der Waals surface area contributed by atoms with Crippen molar-refractivity contribution in [1.29, 1.82) is 0 Å². The van der Waals surface area contributed by atoms with E-state index >= 15 is 0 Å². The van der Waals surface area contributed by atoms with Gasteiger partial charge in [-0.1, -0.05) is 48.2 Å². The molecule has 0 aromatic heterocycles. The highest BCUT2D eigenvalue weighted by atomic mass is 32.2. The fourth-order valence-corrected chi connectivity index (χ4v) is 4.03. The molecule has 0 unspecified atom stereocenters. The second-order valence-electron chi connectivity index (χ2n) is 5.40. The van der Waals surface area contributed by atoms with Crippen molar-refractivity contribution in [2.45, 2.75) is 9.79 Å². The predicted octanol–water partition coefficient (Wildman–Crippen LogP) is 3.55. The molecule has 0 bridgehead atoms. The Morgan fingerprint density at radius 2 is 1.57 bits per heavy atom. The smallest absolute Gasteiger partial charge is 0.0458 e. The predicted molar refractivity (Wildman–Crippen MR) is 89.3 cm³/mol. The standard InChI is InChI=1S/C18H18N2S/c1-3-7-17-14(5-1)13-16(20-11-9-19-10-12-20)15-6-2-4-8-18(15)21-17/h1-8,13,19H,9-12H2. The van der Waals surface area contributed by atoms with Crippen LogP contribution in [0.4, 0.5) is 0 Å². The van der Waals surface area contributed by atoms with Crippen molar-refractivity contribution in [1.82, 2.24) is 10.2 Å². The van der Waals surface area contributed by atoms with Gasteiger partial charge in [-0.15, -0.1) is 0 Å². The minimum absolute atomic E-state index is 1.06. The number of hydrogen-bond donors (Lipinski definition) is 1. The van der Waals surface area contributed by atoms with Gasteiger partial charge in [-0.25, -0.2) is 0 Å². The Kier molecular flexibility index (Phi) is 3.45. The van der Waals surface area contributed by atoms with Crippen LogP contribution < -0.4 is 5.32 Å². The number of hydrogen-bond acceptors (Lipinski definition) is 3. The van der Waals surface area contributed by atoms with Crippen LogP contribution in [0.15, 0.2) is 58.3 Å². The van der Waals surface area contributed by atoms with Crippen molar-refractivity contribution in [3.05, 3.63) is 59.7 Å². The van der Waals surface area contributed by atoms with Gasteiger partial charge >= 0.3 is 0 Å². The summed E-state index contributed by atoms with van der Waals surface area (Å²) in [6, 6.07) is 17.4. The first-order valence-corrected chi connectivity index (χ1v) is 8.27. The molecular formula is C18H18N2S. The summed E-state index contributed by atoms with van der Waals surface area (Å²) in [7, 11) is 0. The van der Waals surface area contributed by atoms with Crippen LogP contribution >= 0.6 is 11.8 Å². The van der Waals surface area contributed by atoms with Crippen molar-refractivity contribution in [2.24, 2.45) is 0 Å². The molecule has 2 aliphatic heterocycles. The first kappa shape index (κ1) is 13.0. The molecule has 3 heteroatoms. The van der Waals surface area contributed by atoms with E-state index in [2.05, 4.69) is 64.8 Å². The Morgan fingerprint density at radius 3 is 2.43 bits per heavy atom. The van der Waals surface area contributed by atoms with Crippen LogP contribution in [-0.2, 0) is 0 Å². The fourth-order valence-electron chi connectivity index (χ4n) is 2.97. The Balaban J connectivity index is 1.87.